The molecule has 0 aliphatic carbocycles. The largest absolute Gasteiger partial charge is 0.312 e. The lowest BCUT2D eigenvalue weighted by Crippen LogP contribution is -2.05. The average molecular weight is 242 g/mol. The van der Waals surface area contributed by atoms with Gasteiger partial charge in [-0.05, 0) is 12.8 Å². The topological polar surface area (TPSA) is 9.23 Å². The predicted molar refractivity (Wildman–Crippen MR) is 48.7 cm³/mol. The summed E-state index contributed by atoms with van der Waals surface area (Å²) in [5.74, 6) is 0. The zero-order valence-electron chi connectivity index (χ0n) is 6.19. The summed E-state index contributed by atoms with van der Waals surface area (Å²) in [6.07, 6.45) is 5.37. The van der Waals surface area contributed by atoms with E-state index in [1.54, 1.807) is 0 Å². The lowest BCUT2D eigenvalue weighted by molar-refractivity contribution is 0.249. The van der Waals surface area contributed by atoms with Crippen LogP contribution in [0.25, 0.3) is 0 Å². The number of hydrogen-bond acceptors (Lipinski definition) is 1. The van der Waals surface area contributed by atoms with Crippen LogP contribution in [0.3, 0.4) is 0 Å². The fourth-order valence-electron chi connectivity index (χ4n) is 0.877. The second-order valence-corrected chi connectivity index (χ2v) is 2.80. The van der Waals surface area contributed by atoms with E-state index in [9.17, 15) is 0 Å². The molecule has 0 radical (unpaired) electrons. The van der Waals surface area contributed by atoms with Crippen molar-refractivity contribution in [3.05, 3.63) is 0 Å². The molecule has 0 aliphatic heterocycles. The zero-order valence-corrected chi connectivity index (χ0v) is 8.35. The molecule has 0 saturated heterocycles. The molecule has 0 atom stereocenters. The maximum absolute atomic E-state index is 5.20. The molecule has 0 N–H and O–H groups in total. The summed E-state index contributed by atoms with van der Waals surface area (Å²) in [6, 6.07) is 0. The first-order valence-electron chi connectivity index (χ1n) is 3.62. The molecule has 56 valence electrons. The number of halogens is 1. The molecule has 0 spiro atoms. The Labute approximate surface area is 71.9 Å². The van der Waals surface area contributed by atoms with Crippen LogP contribution in [-0.2, 0) is 3.07 Å². The molecule has 0 unspecified atom stereocenters. The summed E-state index contributed by atoms with van der Waals surface area (Å²) in [4.78, 5) is 0. The van der Waals surface area contributed by atoms with E-state index in [4.69, 9.17) is 3.07 Å². The van der Waals surface area contributed by atoms with Crippen LogP contribution in [-0.4, -0.2) is 6.10 Å². The Morgan fingerprint density at radius 1 is 1.22 bits per heavy atom. The standard InChI is InChI=1S/C7H15IO/c1-3-5-7(9-8)6-4-2/h7H,3-6H2,1-2H3. The van der Waals surface area contributed by atoms with Gasteiger partial charge >= 0.3 is 0 Å². The lowest BCUT2D eigenvalue weighted by Gasteiger charge is -2.09. The van der Waals surface area contributed by atoms with E-state index in [0.717, 1.165) is 0 Å². The van der Waals surface area contributed by atoms with Gasteiger partial charge in [0.25, 0.3) is 0 Å². The van der Waals surface area contributed by atoms with E-state index >= 15 is 0 Å². The monoisotopic (exact) mass is 242 g/mol. The molecule has 0 saturated carbocycles. The van der Waals surface area contributed by atoms with Crippen LogP contribution in [0.1, 0.15) is 39.5 Å². The highest BCUT2D eigenvalue weighted by atomic mass is 127. The zero-order chi connectivity index (χ0) is 7.11. The Bertz CT molecular complexity index is 50.9. The summed E-state index contributed by atoms with van der Waals surface area (Å²) in [5, 5.41) is 0. The van der Waals surface area contributed by atoms with E-state index < -0.39 is 0 Å². The maximum atomic E-state index is 5.20. The van der Waals surface area contributed by atoms with E-state index in [1.807, 2.05) is 23.0 Å². The first-order chi connectivity index (χ1) is 4.35. The summed E-state index contributed by atoms with van der Waals surface area (Å²) < 4.78 is 5.20. The minimum atomic E-state index is 0.501. The Morgan fingerprint density at radius 3 is 1.89 bits per heavy atom. The molecule has 0 rings (SSSR count). The summed E-state index contributed by atoms with van der Waals surface area (Å²) in [5.41, 5.74) is 0. The van der Waals surface area contributed by atoms with E-state index in [2.05, 4.69) is 13.8 Å². The van der Waals surface area contributed by atoms with Crippen LogP contribution in [0.5, 0.6) is 0 Å². The molecule has 0 aromatic heterocycles. The van der Waals surface area contributed by atoms with Gasteiger partial charge in [0.05, 0.1) is 6.10 Å². The fourth-order valence-corrected chi connectivity index (χ4v) is 1.39. The van der Waals surface area contributed by atoms with Crippen molar-refractivity contribution < 1.29 is 3.07 Å². The average Bonchev–Trinajstić information content (AvgIpc) is 1.88. The van der Waals surface area contributed by atoms with Gasteiger partial charge in [-0.2, -0.15) is 0 Å². The van der Waals surface area contributed by atoms with E-state index in [-0.39, 0.29) is 0 Å². The van der Waals surface area contributed by atoms with Crippen LogP contribution in [0.4, 0.5) is 0 Å². The quantitative estimate of drug-likeness (QED) is 0.672. The molecule has 0 amide bonds. The SMILES string of the molecule is CCCC(CCC)OI. The highest BCUT2D eigenvalue weighted by molar-refractivity contribution is 14.1. The van der Waals surface area contributed by atoms with Gasteiger partial charge in [0, 0.05) is 0 Å². The van der Waals surface area contributed by atoms with Gasteiger partial charge < -0.3 is 3.07 Å². The molecule has 1 nitrogen and oxygen atoms in total. The molecule has 9 heavy (non-hydrogen) atoms. The van der Waals surface area contributed by atoms with Crippen LogP contribution in [0, 0.1) is 0 Å². The van der Waals surface area contributed by atoms with Crippen LogP contribution in [0.2, 0.25) is 0 Å². The first kappa shape index (κ1) is 9.69. The summed E-state index contributed by atoms with van der Waals surface area (Å²) >= 11 is 2.00. The second kappa shape index (κ2) is 6.81. The Hall–Kier alpha value is 0.690. The molecule has 0 aliphatic rings. The van der Waals surface area contributed by atoms with Crippen molar-refractivity contribution in [2.24, 2.45) is 0 Å². The van der Waals surface area contributed by atoms with Gasteiger partial charge in [-0.3, -0.25) is 0 Å². The third-order valence-electron chi connectivity index (χ3n) is 1.35. The van der Waals surface area contributed by atoms with Gasteiger partial charge in [-0.1, -0.05) is 26.7 Å². The summed E-state index contributed by atoms with van der Waals surface area (Å²) in [6.45, 7) is 4.39. The van der Waals surface area contributed by atoms with Crippen molar-refractivity contribution in [2.45, 2.75) is 45.6 Å². The van der Waals surface area contributed by atoms with Crippen molar-refractivity contribution >= 4 is 23.0 Å². The smallest absolute Gasteiger partial charge is 0.110 e. The van der Waals surface area contributed by atoms with Gasteiger partial charge in [-0.15, -0.1) is 0 Å². The van der Waals surface area contributed by atoms with Gasteiger partial charge in [0.1, 0.15) is 23.0 Å². The Morgan fingerprint density at radius 2 is 1.67 bits per heavy atom. The van der Waals surface area contributed by atoms with Crippen molar-refractivity contribution in [3.63, 3.8) is 0 Å². The first-order valence-corrected chi connectivity index (χ1v) is 4.50. The predicted octanol–water partition coefficient (Wildman–Crippen LogP) is 3.32. The Balaban J connectivity index is 3.18. The number of rotatable bonds is 5. The molecule has 0 fully saturated rings. The van der Waals surface area contributed by atoms with Gasteiger partial charge in [-0.25, -0.2) is 0 Å². The van der Waals surface area contributed by atoms with E-state index in [1.165, 1.54) is 25.7 Å². The van der Waals surface area contributed by atoms with Crippen molar-refractivity contribution in [2.75, 3.05) is 0 Å². The fraction of sp³-hybridized carbons (Fsp3) is 1.00. The van der Waals surface area contributed by atoms with Crippen LogP contribution in [0.15, 0.2) is 0 Å². The third kappa shape index (κ3) is 5.15. The molecule has 2 heteroatoms. The molecule has 0 bridgehead atoms. The second-order valence-electron chi connectivity index (χ2n) is 2.29. The molecule has 0 aromatic rings. The minimum absolute atomic E-state index is 0.501. The van der Waals surface area contributed by atoms with Crippen LogP contribution < -0.4 is 0 Å². The maximum Gasteiger partial charge on any atom is 0.110 e. The van der Waals surface area contributed by atoms with Gasteiger partial charge in [0.15, 0.2) is 0 Å². The molecular formula is C7H15IO. The Kier molecular flexibility index (Phi) is 7.33. The summed E-state index contributed by atoms with van der Waals surface area (Å²) in [7, 11) is 0. The van der Waals surface area contributed by atoms with Crippen molar-refractivity contribution in [1.82, 2.24) is 0 Å². The highest BCUT2D eigenvalue weighted by Gasteiger charge is 2.03. The third-order valence-corrected chi connectivity index (χ3v) is 2.07. The van der Waals surface area contributed by atoms with Crippen LogP contribution >= 0.6 is 23.0 Å². The molecule has 0 heterocycles. The molecular weight excluding hydrogens is 227 g/mol. The minimum Gasteiger partial charge on any atom is -0.312 e. The number of hydrogen-bond donors (Lipinski definition) is 0. The van der Waals surface area contributed by atoms with Gasteiger partial charge in [0.2, 0.25) is 0 Å². The van der Waals surface area contributed by atoms with Crippen molar-refractivity contribution in [3.8, 4) is 0 Å². The normalized spacial score (nSPS) is 10.7. The van der Waals surface area contributed by atoms with Crippen molar-refractivity contribution in [1.29, 1.82) is 0 Å². The molecule has 0 aromatic carbocycles. The highest BCUT2D eigenvalue weighted by Crippen LogP contribution is 2.11. The lowest BCUT2D eigenvalue weighted by atomic mass is 10.1. The van der Waals surface area contributed by atoms with E-state index in [0.29, 0.717) is 6.10 Å².